The van der Waals surface area contributed by atoms with E-state index in [1.54, 1.807) is 0 Å². The Balaban J connectivity index is 1.47. The van der Waals surface area contributed by atoms with E-state index < -0.39 is 5.97 Å². The highest BCUT2D eigenvalue weighted by atomic mass is 16.4. The van der Waals surface area contributed by atoms with Crippen molar-refractivity contribution >= 4 is 5.97 Å². The van der Waals surface area contributed by atoms with Gasteiger partial charge in [-0.3, -0.25) is 4.79 Å². The van der Waals surface area contributed by atoms with Crippen LogP contribution in [0.1, 0.15) is 98.3 Å². The minimum Gasteiger partial charge on any atom is -0.481 e. The Labute approximate surface area is 188 Å². The number of carboxylic acid groups (broad SMARTS) is 1. The van der Waals surface area contributed by atoms with Crippen LogP contribution in [-0.2, 0) is 4.79 Å². The van der Waals surface area contributed by atoms with Gasteiger partial charge >= 0.3 is 5.97 Å². The van der Waals surface area contributed by atoms with Gasteiger partial charge < -0.3 is 15.3 Å². The molecule has 0 bridgehead atoms. The number of fused-ring (bicyclic) bond motifs is 4. The van der Waals surface area contributed by atoms with Gasteiger partial charge in [0.15, 0.2) is 0 Å². The molecule has 5 aliphatic rings. The molecule has 11 atom stereocenters. The lowest BCUT2D eigenvalue weighted by atomic mass is 9.41. The van der Waals surface area contributed by atoms with Crippen LogP contribution in [0.4, 0.5) is 0 Å². The highest BCUT2D eigenvalue weighted by Crippen LogP contribution is 2.86. The molecule has 4 heteroatoms. The topological polar surface area (TPSA) is 77.8 Å². The zero-order chi connectivity index (χ0) is 22.4. The van der Waals surface area contributed by atoms with Gasteiger partial charge in [0.05, 0.1) is 12.2 Å². The van der Waals surface area contributed by atoms with Gasteiger partial charge in [0, 0.05) is 11.8 Å². The van der Waals surface area contributed by atoms with Crippen LogP contribution >= 0.6 is 0 Å². The van der Waals surface area contributed by atoms with Gasteiger partial charge in [-0.25, -0.2) is 0 Å². The van der Waals surface area contributed by atoms with Gasteiger partial charge in [0.1, 0.15) is 0 Å². The van der Waals surface area contributed by atoms with E-state index in [2.05, 4.69) is 27.7 Å². The van der Waals surface area contributed by atoms with E-state index in [-0.39, 0.29) is 40.3 Å². The van der Waals surface area contributed by atoms with E-state index in [1.165, 1.54) is 25.7 Å². The minimum absolute atomic E-state index is 0.00950. The lowest BCUT2D eigenvalue weighted by molar-refractivity contribution is -0.203. The van der Waals surface area contributed by atoms with Crippen molar-refractivity contribution < 1.29 is 20.1 Å². The summed E-state index contributed by atoms with van der Waals surface area (Å²) in [7, 11) is 0. The molecule has 0 aromatic carbocycles. The Hall–Kier alpha value is -0.610. The molecule has 0 radical (unpaired) electrons. The SMILES string of the molecule is CCC12CC13C[C@H](O)CC[C@]3(C)C1CC[C@@]3(C)C(CC[C@@H]3[C@H](C)CCC(=O)O)C1[C@@H]2O. The minimum atomic E-state index is -0.680. The number of hydrogen-bond acceptors (Lipinski definition) is 3. The van der Waals surface area contributed by atoms with Crippen molar-refractivity contribution in [2.45, 2.75) is 111 Å². The number of aliphatic carboxylic acids is 1. The second-order valence-electron chi connectivity index (χ2n) is 13.0. The highest BCUT2D eigenvalue weighted by Gasteiger charge is 2.83. The molecule has 5 aliphatic carbocycles. The van der Waals surface area contributed by atoms with Gasteiger partial charge in [-0.15, -0.1) is 0 Å². The van der Waals surface area contributed by atoms with E-state index >= 15 is 0 Å². The van der Waals surface area contributed by atoms with Crippen LogP contribution in [0.25, 0.3) is 0 Å². The normalized spacial score (nSPS) is 56.1. The van der Waals surface area contributed by atoms with Gasteiger partial charge in [0.2, 0.25) is 0 Å². The quantitative estimate of drug-likeness (QED) is 0.554. The van der Waals surface area contributed by atoms with Crippen molar-refractivity contribution in [3.8, 4) is 0 Å². The molecular formula is C27H44O4. The van der Waals surface area contributed by atoms with E-state index in [4.69, 9.17) is 0 Å². The summed E-state index contributed by atoms with van der Waals surface area (Å²) >= 11 is 0. The zero-order valence-corrected chi connectivity index (χ0v) is 20.1. The standard InChI is InChI=1S/C27H44O4/c1-5-26-15-27(26)14-17(28)10-13-25(27,4)20-11-12-24(3)18(16(2)6-9-21(29)30)7-8-19(24)22(20)23(26)31/h16-20,22-23,28,31H,5-15H2,1-4H3,(H,29,30)/t16-,17-,18-,19?,20?,22?,23+,24-,25-,26?,27?/m1/s1. The maximum absolute atomic E-state index is 12.0. The van der Waals surface area contributed by atoms with Crippen molar-refractivity contribution in [2.24, 2.45) is 51.2 Å². The smallest absolute Gasteiger partial charge is 0.303 e. The summed E-state index contributed by atoms with van der Waals surface area (Å²) in [5.41, 5.74) is 0.637. The van der Waals surface area contributed by atoms with Crippen molar-refractivity contribution in [2.75, 3.05) is 0 Å². The first-order valence-corrected chi connectivity index (χ1v) is 13.1. The molecule has 5 unspecified atom stereocenters. The van der Waals surface area contributed by atoms with Crippen LogP contribution in [0.3, 0.4) is 0 Å². The van der Waals surface area contributed by atoms with Gasteiger partial charge in [-0.05, 0) is 110 Å². The number of aliphatic hydroxyl groups is 2. The summed E-state index contributed by atoms with van der Waals surface area (Å²) < 4.78 is 0. The van der Waals surface area contributed by atoms with Crippen molar-refractivity contribution in [3.05, 3.63) is 0 Å². The van der Waals surface area contributed by atoms with Crippen LogP contribution in [0.5, 0.6) is 0 Å². The first-order valence-electron chi connectivity index (χ1n) is 13.1. The number of aliphatic hydroxyl groups excluding tert-OH is 2. The monoisotopic (exact) mass is 432 g/mol. The van der Waals surface area contributed by atoms with E-state index in [1.807, 2.05) is 0 Å². The lowest BCUT2D eigenvalue weighted by Crippen LogP contribution is -2.62. The molecule has 5 rings (SSSR count). The van der Waals surface area contributed by atoms with Crippen LogP contribution in [0.2, 0.25) is 0 Å². The van der Waals surface area contributed by atoms with Crippen LogP contribution in [-0.4, -0.2) is 33.5 Å². The largest absolute Gasteiger partial charge is 0.481 e. The van der Waals surface area contributed by atoms with Crippen LogP contribution < -0.4 is 0 Å². The Bertz CT molecular complexity index is 752. The molecule has 0 saturated heterocycles. The average molecular weight is 433 g/mol. The second-order valence-corrected chi connectivity index (χ2v) is 13.0. The third kappa shape index (κ3) is 2.64. The average Bonchev–Trinajstić information content (AvgIpc) is 3.26. The first-order chi connectivity index (χ1) is 14.6. The molecule has 0 aliphatic heterocycles. The molecule has 0 amide bonds. The third-order valence-electron chi connectivity index (χ3n) is 12.4. The molecule has 5 fully saturated rings. The summed E-state index contributed by atoms with van der Waals surface area (Å²) in [5.74, 6) is 1.84. The molecular weight excluding hydrogens is 388 g/mol. The number of hydrogen-bond donors (Lipinski definition) is 3. The second kappa shape index (κ2) is 6.95. The molecule has 176 valence electrons. The Kier molecular flexibility index (Phi) is 4.97. The summed E-state index contributed by atoms with van der Waals surface area (Å²) in [6.07, 6.45) is 10.5. The summed E-state index contributed by atoms with van der Waals surface area (Å²) in [4.78, 5) is 11.2. The summed E-state index contributed by atoms with van der Waals surface area (Å²) in [6.45, 7) is 9.56. The van der Waals surface area contributed by atoms with Crippen LogP contribution in [0, 0.1) is 51.2 Å². The van der Waals surface area contributed by atoms with Crippen molar-refractivity contribution in [1.29, 1.82) is 0 Å². The van der Waals surface area contributed by atoms with E-state index in [0.717, 1.165) is 38.5 Å². The molecule has 0 aromatic heterocycles. The maximum atomic E-state index is 12.0. The first kappa shape index (κ1) is 22.2. The molecule has 4 nitrogen and oxygen atoms in total. The molecule has 0 heterocycles. The maximum Gasteiger partial charge on any atom is 0.303 e. The molecule has 31 heavy (non-hydrogen) atoms. The van der Waals surface area contributed by atoms with Crippen molar-refractivity contribution in [1.82, 2.24) is 0 Å². The van der Waals surface area contributed by atoms with E-state index in [9.17, 15) is 20.1 Å². The number of carboxylic acids is 1. The van der Waals surface area contributed by atoms with Gasteiger partial charge in [-0.1, -0.05) is 27.7 Å². The fourth-order valence-electron chi connectivity index (χ4n) is 10.9. The number of carbonyl (C=O) groups is 1. The lowest BCUT2D eigenvalue weighted by Gasteiger charge is -2.64. The predicted octanol–water partition coefficient (Wildman–Crippen LogP) is 5.26. The summed E-state index contributed by atoms with van der Waals surface area (Å²) in [6, 6.07) is 0. The third-order valence-corrected chi connectivity index (χ3v) is 12.4. The van der Waals surface area contributed by atoms with Gasteiger partial charge in [-0.2, -0.15) is 0 Å². The van der Waals surface area contributed by atoms with Crippen LogP contribution in [0.15, 0.2) is 0 Å². The zero-order valence-electron chi connectivity index (χ0n) is 20.1. The predicted molar refractivity (Wildman–Crippen MR) is 120 cm³/mol. The van der Waals surface area contributed by atoms with E-state index in [0.29, 0.717) is 29.6 Å². The fourth-order valence-corrected chi connectivity index (χ4v) is 10.9. The molecule has 3 N–H and O–H groups in total. The molecule has 5 saturated carbocycles. The fraction of sp³-hybridized carbons (Fsp3) is 0.963. The summed E-state index contributed by atoms with van der Waals surface area (Å²) in [5, 5.41) is 31.8. The van der Waals surface area contributed by atoms with Gasteiger partial charge in [0.25, 0.3) is 0 Å². The highest BCUT2D eigenvalue weighted by molar-refractivity contribution is 5.66. The number of rotatable bonds is 5. The molecule has 1 spiro atoms. The van der Waals surface area contributed by atoms with Crippen molar-refractivity contribution in [3.63, 3.8) is 0 Å². The molecule has 0 aromatic rings. The Morgan fingerprint density at radius 3 is 2.48 bits per heavy atom. The Morgan fingerprint density at radius 2 is 1.81 bits per heavy atom. The Morgan fingerprint density at radius 1 is 1.06 bits per heavy atom.